The maximum atomic E-state index is 3.52. The van der Waals surface area contributed by atoms with Gasteiger partial charge in [0.05, 0.1) is 0 Å². The third kappa shape index (κ3) is 2.64. The minimum atomic E-state index is 1.06. The third-order valence-corrected chi connectivity index (χ3v) is 4.34. The first-order valence-corrected chi connectivity index (χ1v) is 8.22. The molecule has 0 aromatic heterocycles. The Kier molecular flexibility index (Phi) is 3.79. The van der Waals surface area contributed by atoms with Gasteiger partial charge in [0.15, 0.2) is 0 Å². The van der Waals surface area contributed by atoms with Crippen LogP contribution in [0, 0.1) is 0 Å². The van der Waals surface area contributed by atoms with E-state index in [0.29, 0.717) is 0 Å². The molecule has 2 aromatic carbocycles. The lowest BCUT2D eigenvalue weighted by Gasteiger charge is -2.08. The standard InChI is InChI=1S/C17H19NS/c1-19-10-4-9-18-15-7-8-17-14(12-15)11-13-5-2-3-6-16(13)17/h2-3,5-8,12,18H,4,9-11H2,1H3. The van der Waals surface area contributed by atoms with E-state index in [2.05, 4.69) is 54.0 Å². The summed E-state index contributed by atoms with van der Waals surface area (Å²) in [5.41, 5.74) is 6.98. The molecule has 0 saturated heterocycles. The predicted octanol–water partition coefficient (Wildman–Crippen LogP) is 4.42. The van der Waals surface area contributed by atoms with Crippen LogP contribution >= 0.6 is 11.8 Å². The topological polar surface area (TPSA) is 12.0 Å². The number of hydrogen-bond acceptors (Lipinski definition) is 2. The van der Waals surface area contributed by atoms with Gasteiger partial charge in [-0.3, -0.25) is 0 Å². The first-order valence-electron chi connectivity index (χ1n) is 6.82. The molecule has 0 heterocycles. The Labute approximate surface area is 119 Å². The number of nitrogens with one attached hydrogen (secondary N) is 1. The highest BCUT2D eigenvalue weighted by molar-refractivity contribution is 7.98. The van der Waals surface area contributed by atoms with Crippen molar-refractivity contribution in [2.45, 2.75) is 12.8 Å². The summed E-state index contributed by atoms with van der Waals surface area (Å²) in [4.78, 5) is 0. The van der Waals surface area contributed by atoms with Crippen molar-refractivity contribution in [2.24, 2.45) is 0 Å². The molecular weight excluding hydrogens is 250 g/mol. The fraction of sp³-hybridized carbons (Fsp3) is 0.294. The molecule has 0 amide bonds. The van der Waals surface area contributed by atoms with E-state index in [1.54, 1.807) is 0 Å². The smallest absolute Gasteiger partial charge is 0.0343 e. The van der Waals surface area contributed by atoms with E-state index < -0.39 is 0 Å². The molecular formula is C17H19NS. The van der Waals surface area contributed by atoms with Crippen molar-refractivity contribution in [3.63, 3.8) is 0 Å². The maximum absolute atomic E-state index is 3.52. The van der Waals surface area contributed by atoms with E-state index in [4.69, 9.17) is 0 Å². The van der Waals surface area contributed by atoms with Crippen LogP contribution in [0.3, 0.4) is 0 Å². The van der Waals surface area contributed by atoms with E-state index in [1.165, 1.54) is 40.1 Å². The van der Waals surface area contributed by atoms with Crippen LogP contribution in [0.2, 0.25) is 0 Å². The van der Waals surface area contributed by atoms with Crippen LogP contribution in [0.25, 0.3) is 11.1 Å². The second kappa shape index (κ2) is 5.70. The molecule has 0 bridgehead atoms. The van der Waals surface area contributed by atoms with Gasteiger partial charge in [0.2, 0.25) is 0 Å². The molecule has 0 atom stereocenters. The van der Waals surface area contributed by atoms with Gasteiger partial charge in [-0.05, 0) is 59.2 Å². The summed E-state index contributed by atoms with van der Waals surface area (Å²) in [6.07, 6.45) is 4.46. The van der Waals surface area contributed by atoms with Gasteiger partial charge >= 0.3 is 0 Å². The summed E-state index contributed by atoms with van der Waals surface area (Å²) in [7, 11) is 0. The highest BCUT2D eigenvalue weighted by Crippen LogP contribution is 2.37. The predicted molar refractivity (Wildman–Crippen MR) is 86.2 cm³/mol. The average Bonchev–Trinajstić information content (AvgIpc) is 2.81. The molecule has 1 aliphatic carbocycles. The largest absolute Gasteiger partial charge is 0.385 e. The SMILES string of the molecule is CSCCCNc1ccc2c(c1)Cc1ccccc1-2. The van der Waals surface area contributed by atoms with Gasteiger partial charge in [-0.1, -0.05) is 30.3 Å². The van der Waals surface area contributed by atoms with Gasteiger partial charge in [-0.2, -0.15) is 11.8 Å². The Balaban J connectivity index is 1.74. The minimum absolute atomic E-state index is 1.06. The van der Waals surface area contributed by atoms with E-state index in [0.717, 1.165) is 13.0 Å². The molecule has 0 fully saturated rings. The zero-order chi connectivity index (χ0) is 13.1. The molecule has 0 saturated carbocycles. The van der Waals surface area contributed by atoms with Crippen molar-refractivity contribution in [1.82, 2.24) is 0 Å². The molecule has 1 nitrogen and oxygen atoms in total. The molecule has 0 aliphatic heterocycles. The zero-order valence-corrected chi connectivity index (χ0v) is 12.1. The van der Waals surface area contributed by atoms with Crippen LogP contribution in [-0.2, 0) is 6.42 Å². The van der Waals surface area contributed by atoms with Crippen molar-refractivity contribution in [2.75, 3.05) is 23.9 Å². The van der Waals surface area contributed by atoms with Crippen LogP contribution in [0.5, 0.6) is 0 Å². The number of thioether (sulfide) groups is 1. The third-order valence-electron chi connectivity index (χ3n) is 3.65. The Morgan fingerprint density at radius 1 is 1.05 bits per heavy atom. The normalized spacial score (nSPS) is 12.1. The molecule has 1 N–H and O–H groups in total. The van der Waals surface area contributed by atoms with Crippen molar-refractivity contribution < 1.29 is 0 Å². The van der Waals surface area contributed by atoms with E-state index >= 15 is 0 Å². The highest BCUT2D eigenvalue weighted by atomic mass is 32.2. The van der Waals surface area contributed by atoms with Gasteiger partial charge in [0.1, 0.15) is 0 Å². The van der Waals surface area contributed by atoms with E-state index in [1.807, 2.05) is 11.8 Å². The van der Waals surface area contributed by atoms with Crippen LogP contribution in [0.15, 0.2) is 42.5 Å². The lowest BCUT2D eigenvalue weighted by atomic mass is 10.1. The second-order valence-electron chi connectivity index (χ2n) is 4.98. The quantitative estimate of drug-likeness (QED) is 0.688. The summed E-state index contributed by atoms with van der Waals surface area (Å²) in [5.74, 6) is 1.23. The second-order valence-corrected chi connectivity index (χ2v) is 5.96. The average molecular weight is 269 g/mol. The molecule has 0 unspecified atom stereocenters. The van der Waals surface area contributed by atoms with Gasteiger partial charge in [-0.25, -0.2) is 0 Å². The van der Waals surface area contributed by atoms with Gasteiger partial charge in [0.25, 0.3) is 0 Å². The summed E-state index contributed by atoms with van der Waals surface area (Å²) < 4.78 is 0. The van der Waals surface area contributed by atoms with Gasteiger partial charge < -0.3 is 5.32 Å². The Bertz CT molecular complexity index is 577. The van der Waals surface area contributed by atoms with Crippen LogP contribution in [0.1, 0.15) is 17.5 Å². The van der Waals surface area contributed by atoms with Crippen molar-refractivity contribution in [1.29, 1.82) is 0 Å². The molecule has 0 radical (unpaired) electrons. The van der Waals surface area contributed by atoms with Crippen molar-refractivity contribution in [3.05, 3.63) is 53.6 Å². The summed E-state index contributed by atoms with van der Waals surface area (Å²) >= 11 is 1.91. The van der Waals surface area contributed by atoms with E-state index in [-0.39, 0.29) is 0 Å². The monoisotopic (exact) mass is 269 g/mol. The number of hydrogen-bond donors (Lipinski definition) is 1. The number of anilines is 1. The van der Waals surface area contributed by atoms with Crippen molar-refractivity contribution in [3.8, 4) is 11.1 Å². The molecule has 0 spiro atoms. The van der Waals surface area contributed by atoms with Crippen LogP contribution in [0.4, 0.5) is 5.69 Å². The molecule has 1 aliphatic rings. The minimum Gasteiger partial charge on any atom is -0.385 e. The Hall–Kier alpha value is -1.41. The van der Waals surface area contributed by atoms with Crippen LogP contribution < -0.4 is 5.32 Å². The van der Waals surface area contributed by atoms with Crippen molar-refractivity contribution >= 4 is 17.4 Å². The Morgan fingerprint density at radius 3 is 2.79 bits per heavy atom. The van der Waals surface area contributed by atoms with Gasteiger partial charge in [-0.15, -0.1) is 0 Å². The molecule has 3 rings (SSSR count). The number of fused-ring (bicyclic) bond motifs is 3. The highest BCUT2D eigenvalue weighted by Gasteiger charge is 2.17. The summed E-state index contributed by atoms with van der Waals surface area (Å²) in [5, 5.41) is 3.52. The zero-order valence-electron chi connectivity index (χ0n) is 11.3. The molecule has 19 heavy (non-hydrogen) atoms. The molecule has 2 heteroatoms. The lowest BCUT2D eigenvalue weighted by Crippen LogP contribution is -2.02. The van der Waals surface area contributed by atoms with E-state index in [9.17, 15) is 0 Å². The number of rotatable bonds is 5. The summed E-state index contributed by atoms with van der Waals surface area (Å²) in [6, 6.07) is 15.5. The Morgan fingerprint density at radius 2 is 1.89 bits per heavy atom. The van der Waals surface area contributed by atoms with Gasteiger partial charge in [0, 0.05) is 12.2 Å². The lowest BCUT2D eigenvalue weighted by molar-refractivity contribution is 0.993. The molecule has 2 aromatic rings. The maximum Gasteiger partial charge on any atom is 0.0343 e. The summed E-state index contributed by atoms with van der Waals surface area (Å²) in [6.45, 7) is 1.06. The first kappa shape index (κ1) is 12.6. The van der Waals surface area contributed by atoms with Crippen LogP contribution in [-0.4, -0.2) is 18.6 Å². The fourth-order valence-electron chi connectivity index (χ4n) is 2.70. The fourth-order valence-corrected chi connectivity index (χ4v) is 3.14. The number of benzene rings is 2. The first-order chi connectivity index (χ1) is 9.38. The molecule has 98 valence electrons.